The zero-order chi connectivity index (χ0) is 13.0. The van der Waals surface area contributed by atoms with Crippen LogP contribution in [0.2, 0.25) is 5.02 Å². The average molecular weight is 259 g/mol. The van der Waals surface area contributed by atoms with Gasteiger partial charge in [-0.05, 0) is 30.3 Å². The van der Waals surface area contributed by atoms with Gasteiger partial charge in [0.15, 0.2) is 0 Å². The predicted molar refractivity (Wildman–Crippen MR) is 69.2 cm³/mol. The molecule has 0 heterocycles. The number of aldehydes is 1. The molecule has 18 heavy (non-hydrogen) atoms. The molecule has 0 radical (unpaired) electrons. The molecule has 0 amide bonds. The molecule has 0 unspecified atom stereocenters. The van der Waals surface area contributed by atoms with Crippen LogP contribution in [0.4, 0.5) is 4.39 Å². The molecule has 0 bridgehead atoms. The van der Waals surface area contributed by atoms with Gasteiger partial charge in [0, 0.05) is 16.7 Å². The van der Waals surface area contributed by atoms with Crippen LogP contribution in [0.25, 0.3) is 0 Å². The van der Waals surface area contributed by atoms with Gasteiger partial charge in [-0.15, -0.1) is 0 Å². The zero-order valence-electron chi connectivity index (χ0n) is 9.28. The van der Waals surface area contributed by atoms with Crippen molar-refractivity contribution in [3.05, 3.63) is 70.0 Å². The van der Waals surface area contributed by atoms with Gasteiger partial charge >= 0.3 is 0 Å². The van der Waals surface area contributed by atoms with Gasteiger partial charge in [0.25, 0.3) is 0 Å². The lowest BCUT2D eigenvalue weighted by Gasteiger charge is -1.94. The zero-order valence-corrected chi connectivity index (χ0v) is 10.0. The Labute approximate surface area is 109 Å². The van der Waals surface area contributed by atoms with Gasteiger partial charge in [0.1, 0.15) is 12.1 Å². The minimum Gasteiger partial charge on any atom is -0.298 e. The van der Waals surface area contributed by atoms with Crippen molar-refractivity contribution in [3.8, 4) is 11.8 Å². The van der Waals surface area contributed by atoms with Gasteiger partial charge in [-0.25, -0.2) is 4.39 Å². The average Bonchev–Trinajstić information content (AvgIpc) is 2.41. The number of benzene rings is 2. The summed E-state index contributed by atoms with van der Waals surface area (Å²) in [7, 11) is 0. The molecule has 0 aliphatic rings. The molecule has 0 aromatic heterocycles. The maximum atomic E-state index is 13.2. The summed E-state index contributed by atoms with van der Waals surface area (Å²) in [4.78, 5) is 10.5. The highest BCUT2D eigenvalue weighted by Gasteiger charge is 1.98. The van der Waals surface area contributed by atoms with E-state index in [0.717, 1.165) is 11.8 Å². The SMILES string of the molecule is O=Cc1ccc(C#Cc2ccc(Cl)c(F)c2)cc1. The third-order valence-corrected chi connectivity index (χ3v) is 2.62. The van der Waals surface area contributed by atoms with Crippen LogP contribution in [0.15, 0.2) is 42.5 Å². The second-order valence-corrected chi connectivity index (χ2v) is 4.03. The van der Waals surface area contributed by atoms with Crippen molar-refractivity contribution in [1.82, 2.24) is 0 Å². The molecule has 1 nitrogen and oxygen atoms in total. The molecule has 88 valence electrons. The normalized spacial score (nSPS) is 9.44. The van der Waals surface area contributed by atoms with Crippen LogP contribution in [0.5, 0.6) is 0 Å². The van der Waals surface area contributed by atoms with E-state index in [9.17, 15) is 9.18 Å². The number of halogens is 2. The highest BCUT2D eigenvalue weighted by molar-refractivity contribution is 6.30. The molecule has 2 aromatic rings. The Balaban J connectivity index is 2.24. The van der Waals surface area contributed by atoms with Crippen molar-refractivity contribution >= 4 is 17.9 Å². The molecule has 2 rings (SSSR count). The summed E-state index contributed by atoms with van der Waals surface area (Å²) in [6, 6.07) is 11.2. The standard InChI is InChI=1S/C15H8ClFO/c16-14-8-7-12(9-15(14)17)4-1-11-2-5-13(10-18)6-3-11/h2-3,5-10H. The van der Waals surface area contributed by atoms with E-state index in [1.807, 2.05) is 0 Å². The first kappa shape index (κ1) is 12.3. The summed E-state index contributed by atoms with van der Waals surface area (Å²) in [6.45, 7) is 0. The molecule has 0 fully saturated rings. The van der Waals surface area contributed by atoms with Crippen LogP contribution >= 0.6 is 11.6 Å². The first-order chi connectivity index (χ1) is 8.69. The third-order valence-electron chi connectivity index (χ3n) is 2.32. The highest BCUT2D eigenvalue weighted by Crippen LogP contribution is 2.14. The Morgan fingerprint density at radius 2 is 1.61 bits per heavy atom. The fourth-order valence-corrected chi connectivity index (χ4v) is 1.48. The minimum atomic E-state index is -0.486. The Morgan fingerprint density at radius 1 is 1.00 bits per heavy atom. The summed E-state index contributed by atoms with van der Waals surface area (Å²) in [5.74, 6) is 5.23. The molecule has 0 spiro atoms. The van der Waals surface area contributed by atoms with Crippen molar-refractivity contribution in [2.75, 3.05) is 0 Å². The van der Waals surface area contributed by atoms with Crippen LogP contribution in [0.3, 0.4) is 0 Å². The monoisotopic (exact) mass is 258 g/mol. The predicted octanol–water partition coefficient (Wildman–Crippen LogP) is 3.69. The van der Waals surface area contributed by atoms with E-state index in [2.05, 4.69) is 11.8 Å². The number of carbonyl (C=O) groups is 1. The molecule has 3 heteroatoms. The second-order valence-electron chi connectivity index (χ2n) is 3.62. The van der Waals surface area contributed by atoms with E-state index in [1.54, 1.807) is 30.3 Å². The van der Waals surface area contributed by atoms with E-state index in [1.165, 1.54) is 12.1 Å². The van der Waals surface area contributed by atoms with Crippen LogP contribution in [-0.4, -0.2) is 6.29 Å². The maximum Gasteiger partial charge on any atom is 0.150 e. The van der Waals surface area contributed by atoms with Crippen LogP contribution in [0, 0.1) is 17.7 Å². The fraction of sp³-hybridized carbons (Fsp3) is 0. The van der Waals surface area contributed by atoms with Crippen molar-refractivity contribution in [2.24, 2.45) is 0 Å². The van der Waals surface area contributed by atoms with Gasteiger partial charge in [-0.3, -0.25) is 4.79 Å². The first-order valence-electron chi connectivity index (χ1n) is 5.21. The highest BCUT2D eigenvalue weighted by atomic mass is 35.5. The Hall–Kier alpha value is -2.11. The van der Waals surface area contributed by atoms with Crippen LogP contribution in [0.1, 0.15) is 21.5 Å². The minimum absolute atomic E-state index is 0.0795. The summed E-state index contributed by atoms with van der Waals surface area (Å²) in [6.07, 6.45) is 0.770. The Kier molecular flexibility index (Phi) is 3.76. The molecule has 0 aliphatic carbocycles. The molecule has 0 aliphatic heterocycles. The second kappa shape index (κ2) is 5.48. The smallest absolute Gasteiger partial charge is 0.150 e. The van der Waals surface area contributed by atoms with Gasteiger partial charge < -0.3 is 0 Å². The molecular formula is C15H8ClFO. The van der Waals surface area contributed by atoms with Gasteiger partial charge in [0.05, 0.1) is 5.02 Å². The number of carbonyl (C=O) groups excluding carboxylic acids is 1. The lowest BCUT2D eigenvalue weighted by Crippen LogP contribution is -1.82. The molecule has 2 aromatic carbocycles. The summed E-state index contributed by atoms with van der Waals surface area (Å²) in [5, 5.41) is 0.0795. The summed E-state index contributed by atoms with van der Waals surface area (Å²) in [5.41, 5.74) is 1.91. The van der Waals surface area contributed by atoms with Crippen LogP contribution in [-0.2, 0) is 0 Å². The van der Waals surface area contributed by atoms with E-state index in [0.29, 0.717) is 11.1 Å². The van der Waals surface area contributed by atoms with Crippen molar-refractivity contribution < 1.29 is 9.18 Å². The maximum absolute atomic E-state index is 13.2. The van der Waals surface area contributed by atoms with Gasteiger partial charge in [-0.1, -0.05) is 35.6 Å². The van der Waals surface area contributed by atoms with Gasteiger partial charge in [0.2, 0.25) is 0 Å². The molecule has 0 saturated carbocycles. The number of hydrogen-bond donors (Lipinski definition) is 0. The summed E-state index contributed by atoms with van der Waals surface area (Å²) < 4.78 is 13.2. The van der Waals surface area contributed by atoms with Crippen molar-refractivity contribution in [2.45, 2.75) is 0 Å². The summed E-state index contributed by atoms with van der Waals surface area (Å²) >= 11 is 5.57. The first-order valence-corrected chi connectivity index (χ1v) is 5.59. The lowest BCUT2D eigenvalue weighted by atomic mass is 10.1. The fourth-order valence-electron chi connectivity index (χ4n) is 1.36. The van der Waals surface area contributed by atoms with E-state index in [4.69, 9.17) is 11.6 Å². The van der Waals surface area contributed by atoms with Crippen LogP contribution < -0.4 is 0 Å². The number of hydrogen-bond acceptors (Lipinski definition) is 1. The largest absolute Gasteiger partial charge is 0.298 e. The third kappa shape index (κ3) is 2.97. The number of rotatable bonds is 1. The molecule has 0 saturated heterocycles. The Bertz CT molecular complexity index is 636. The Morgan fingerprint density at radius 3 is 2.22 bits per heavy atom. The topological polar surface area (TPSA) is 17.1 Å². The molecule has 0 atom stereocenters. The van der Waals surface area contributed by atoms with Gasteiger partial charge in [-0.2, -0.15) is 0 Å². The van der Waals surface area contributed by atoms with E-state index >= 15 is 0 Å². The quantitative estimate of drug-likeness (QED) is 0.563. The van der Waals surface area contributed by atoms with Crippen molar-refractivity contribution in [1.29, 1.82) is 0 Å². The van der Waals surface area contributed by atoms with E-state index in [-0.39, 0.29) is 5.02 Å². The van der Waals surface area contributed by atoms with E-state index < -0.39 is 5.82 Å². The lowest BCUT2D eigenvalue weighted by molar-refractivity contribution is 0.112. The molecular weight excluding hydrogens is 251 g/mol. The molecule has 0 N–H and O–H groups in total. The van der Waals surface area contributed by atoms with Crippen molar-refractivity contribution in [3.63, 3.8) is 0 Å².